The molecule has 2 amide bonds. The molecule has 1 aromatic heterocycles. The highest BCUT2D eigenvalue weighted by molar-refractivity contribution is 7.99. The first-order chi connectivity index (χ1) is 16.3. The molecule has 0 bridgehead atoms. The number of nitrogen functional groups attached to an aromatic ring is 1. The second-order valence-corrected chi connectivity index (χ2v) is 8.62. The Labute approximate surface area is 203 Å². The van der Waals surface area contributed by atoms with Crippen molar-refractivity contribution in [2.75, 3.05) is 30.0 Å². The molecule has 180 valence electrons. The predicted octanol–water partition coefficient (Wildman–Crippen LogP) is 3.40. The van der Waals surface area contributed by atoms with Crippen LogP contribution < -0.4 is 15.9 Å². The highest BCUT2D eigenvalue weighted by Gasteiger charge is 2.16. The van der Waals surface area contributed by atoms with E-state index >= 15 is 0 Å². The van der Waals surface area contributed by atoms with Crippen molar-refractivity contribution in [3.63, 3.8) is 0 Å². The van der Waals surface area contributed by atoms with Gasteiger partial charge in [0.05, 0.1) is 5.75 Å². The van der Waals surface area contributed by atoms with Gasteiger partial charge in [0.1, 0.15) is 12.4 Å². The van der Waals surface area contributed by atoms with Gasteiger partial charge in [0, 0.05) is 24.3 Å². The van der Waals surface area contributed by atoms with E-state index in [1.165, 1.54) is 16.4 Å². The molecule has 0 saturated heterocycles. The number of amides is 2. The number of aryl methyl sites for hydroxylation is 2. The molecule has 1 heterocycles. The lowest BCUT2D eigenvalue weighted by molar-refractivity contribution is -0.113. The summed E-state index contributed by atoms with van der Waals surface area (Å²) < 4.78 is 7.22. The number of carbonyl (C=O) groups excluding carboxylic acids is 2. The minimum atomic E-state index is -0.242. The molecule has 0 saturated carbocycles. The van der Waals surface area contributed by atoms with Crippen LogP contribution in [0.15, 0.2) is 47.6 Å². The van der Waals surface area contributed by atoms with Crippen molar-refractivity contribution < 1.29 is 14.3 Å². The number of hydrogen-bond donors (Lipinski definition) is 2. The smallest absolute Gasteiger partial charge is 0.253 e. The van der Waals surface area contributed by atoms with Crippen LogP contribution in [-0.4, -0.2) is 50.4 Å². The van der Waals surface area contributed by atoms with Crippen LogP contribution in [0.5, 0.6) is 5.75 Å². The van der Waals surface area contributed by atoms with E-state index in [1.54, 1.807) is 29.2 Å². The Bertz CT molecular complexity index is 1140. The summed E-state index contributed by atoms with van der Waals surface area (Å²) >= 11 is 1.17. The highest BCUT2D eigenvalue weighted by atomic mass is 32.2. The summed E-state index contributed by atoms with van der Waals surface area (Å²) in [5.41, 5.74) is 3.14. The molecule has 3 aromatic rings. The van der Waals surface area contributed by atoms with Crippen LogP contribution in [0.25, 0.3) is 0 Å². The van der Waals surface area contributed by atoms with Crippen LogP contribution in [0.1, 0.15) is 41.2 Å². The summed E-state index contributed by atoms with van der Waals surface area (Å²) in [7, 11) is 0. The fourth-order valence-corrected chi connectivity index (χ4v) is 4.09. The Kier molecular flexibility index (Phi) is 8.53. The monoisotopic (exact) mass is 482 g/mol. The van der Waals surface area contributed by atoms with Gasteiger partial charge in [0.25, 0.3) is 5.91 Å². The van der Waals surface area contributed by atoms with Gasteiger partial charge in [0.2, 0.25) is 11.1 Å². The van der Waals surface area contributed by atoms with Crippen LogP contribution >= 0.6 is 11.8 Å². The van der Waals surface area contributed by atoms with E-state index in [9.17, 15) is 9.59 Å². The molecular weight excluding hydrogens is 452 g/mol. The van der Waals surface area contributed by atoms with Crippen molar-refractivity contribution >= 4 is 29.3 Å². The molecule has 0 unspecified atom stereocenters. The van der Waals surface area contributed by atoms with Crippen LogP contribution in [0, 0.1) is 13.8 Å². The number of aromatic nitrogens is 3. The second-order valence-electron chi connectivity index (χ2n) is 7.67. The second kappa shape index (κ2) is 11.6. The van der Waals surface area contributed by atoms with Crippen molar-refractivity contribution in [3.8, 4) is 5.75 Å². The molecule has 0 spiro atoms. The van der Waals surface area contributed by atoms with Gasteiger partial charge in [-0.15, -0.1) is 10.2 Å². The molecule has 10 heteroatoms. The van der Waals surface area contributed by atoms with Crippen LogP contribution in [-0.2, 0) is 11.4 Å². The zero-order valence-electron chi connectivity index (χ0n) is 19.9. The summed E-state index contributed by atoms with van der Waals surface area (Å²) in [5.74, 6) is 7.13. The highest BCUT2D eigenvalue weighted by Crippen LogP contribution is 2.24. The maximum absolute atomic E-state index is 12.5. The van der Waals surface area contributed by atoms with Crippen molar-refractivity contribution in [2.45, 2.75) is 39.5 Å². The van der Waals surface area contributed by atoms with E-state index in [1.807, 2.05) is 45.9 Å². The topological polar surface area (TPSA) is 115 Å². The normalized spacial score (nSPS) is 10.7. The number of thioether (sulfide) groups is 1. The fraction of sp³-hybridized carbons (Fsp3) is 0.333. The molecule has 34 heavy (non-hydrogen) atoms. The quantitative estimate of drug-likeness (QED) is 0.336. The molecule has 0 aliphatic carbocycles. The predicted molar refractivity (Wildman–Crippen MR) is 133 cm³/mol. The van der Waals surface area contributed by atoms with Crippen LogP contribution in [0.2, 0.25) is 0 Å². The maximum Gasteiger partial charge on any atom is 0.253 e. The molecule has 9 nitrogen and oxygen atoms in total. The van der Waals surface area contributed by atoms with E-state index in [4.69, 9.17) is 10.6 Å². The zero-order valence-corrected chi connectivity index (χ0v) is 20.7. The average Bonchev–Trinajstić information content (AvgIpc) is 3.17. The SMILES string of the molecule is CCN(CC)C(=O)c1cccc(NC(=O)CSc2nnc(COc3c(C)cccc3C)n2N)c1. The third-order valence-electron chi connectivity index (χ3n) is 5.27. The van der Waals surface area contributed by atoms with E-state index in [0.29, 0.717) is 35.3 Å². The Morgan fingerprint density at radius 3 is 2.44 bits per heavy atom. The first kappa shape index (κ1) is 25.1. The molecule has 0 atom stereocenters. The number of nitrogens with zero attached hydrogens (tertiary/aromatic N) is 4. The molecule has 2 aromatic carbocycles. The van der Waals surface area contributed by atoms with Gasteiger partial charge in [-0.25, -0.2) is 4.68 Å². The Morgan fingerprint density at radius 2 is 1.76 bits per heavy atom. The van der Waals surface area contributed by atoms with Crippen molar-refractivity contribution in [2.24, 2.45) is 0 Å². The summed E-state index contributed by atoms with van der Waals surface area (Å²) in [6.07, 6.45) is 0. The lowest BCUT2D eigenvalue weighted by Crippen LogP contribution is -2.30. The molecule has 3 N–H and O–H groups in total. The standard InChI is InChI=1S/C24H30N6O3S/c1-5-29(6-2)23(32)18-11-8-12-19(13-18)26-21(31)15-34-24-28-27-20(30(24)25)14-33-22-16(3)9-7-10-17(22)4/h7-13H,5-6,14-15,25H2,1-4H3,(H,26,31). The number of rotatable bonds is 10. The third-order valence-corrected chi connectivity index (χ3v) is 6.21. The van der Waals surface area contributed by atoms with Crippen LogP contribution in [0.3, 0.4) is 0 Å². The number of para-hydroxylation sites is 1. The minimum Gasteiger partial charge on any atom is -0.485 e. The maximum atomic E-state index is 12.5. The lowest BCUT2D eigenvalue weighted by atomic mass is 10.1. The Balaban J connectivity index is 1.56. The first-order valence-corrected chi connectivity index (χ1v) is 12.0. The summed E-state index contributed by atoms with van der Waals surface area (Å²) in [5, 5.41) is 11.4. The fourth-order valence-electron chi connectivity index (χ4n) is 3.42. The zero-order chi connectivity index (χ0) is 24.7. The molecule has 3 rings (SSSR count). The number of nitrogens with one attached hydrogen (secondary N) is 1. The van der Waals surface area contributed by atoms with Gasteiger partial charge in [-0.1, -0.05) is 36.0 Å². The molecule has 0 aliphatic rings. The number of hydrogen-bond acceptors (Lipinski definition) is 7. The third kappa shape index (κ3) is 6.07. The largest absolute Gasteiger partial charge is 0.485 e. The molecular formula is C24H30N6O3S. The molecule has 0 radical (unpaired) electrons. The van der Waals surface area contributed by atoms with Gasteiger partial charge in [0.15, 0.2) is 5.82 Å². The summed E-state index contributed by atoms with van der Waals surface area (Å²) in [4.78, 5) is 26.7. The Hall–Kier alpha value is -3.53. The van der Waals surface area contributed by atoms with Gasteiger partial charge >= 0.3 is 0 Å². The molecule has 0 fully saturated rings. The van der Waals surface area contributed by atoms with Crippen molar-refractivity contribution in [1.82, 2.24) is 19.8 Å². The molecule has 0 aliphatic heterocycles. The van der Waals surface area contributed by atoms with Crippen molar-refractivity contribution in [3.05, 3.63) is 65.0 Å². The van der Waals surface area contributed by atoms with Crippen LogP contribution in [0.4, 0.5) is 5.69 Å². The van der Waals surface area contributed by atoms with E-state index in [2.05, 4.69) is 15.5 Å². The lowest BCUT2D eigenvalue weighted by Gasteiger charge is -2.19. The summed E-state index contributed by atoms with van der Waals surface area (Å²) in [6, 6.07) is 12.8. The Morgan fingerprint density at radius 1 is 1.09 bits per heavy atom. The van der Waals surface area contributed by atoms with E-state index < -0.39 is 0 Å². The number of benzene rings is 2. The van der Waals surface area contributed by atoms with E-state index in [0.717, 1.165) is 16.9 Å². The number of anilines is 1. The van der Waals surface area contributed by atoms with Gasteiger partial charge < -0.3 is 20.8 Å². The summed E-state index contributed by atoms with van der Waals surface area (Å²) in [6.45, 7) is 9.23. The number of carbonyl (C=O) groups is 2. The van der Waals surface area contributed by atoms with Gasteiger partial charge in [-0.05, 0) is 57.0 Å². The number of nitrogens with two attached hydrogens (primary N) is 1. The average molecular weight is 483 g/mol. The minimum absolute atomic E-state index is 0.0673. The van der Waals surface area contributed by atoms with E-state index in [-0.39, 0.29) is 24.2 Å². The first-order valence-electron chi connectivity index (χ1n) is 11.0. The van der Waals surface area contributed by atoms with Crippen molar-refractivity contribution in [1.29, 1.82) is 0 Å². The number of ether oxygens (including phenoxy) is 1. The van der Waals surface area contributed by atoms with Gasteiger partial charge in [-0.2, -0.15) is 0 Å². The van der Waals surface area contributed by atoms with Gasteiger partial charge in [-0.3, -0.25) is 9.59 Å².